The number of morpholine rings is 1. The number of alkyl halides is 3. The smallest absolute Gasteiger partial charge is 0.396 e. The number of carbonyl (C=O) groups excluding carboxylic acids is 1. The molecule has 0 unspecified atom stereocenters. The Kier molecular flexibility index (Phi) is 5.55. The van der Waals surface area contributed by atoms with E-state index < -0.39 is 23.5 Å². The number of halogens is 4. The zero-order chi connectivity index (χ0) is 26.9. The highest BCUT2D eigenvalue weighted by Gasteiger charge is 2.72. The summed E-state index contributed by atoms with van der Waals surface area (Å²) in [5.74, 6) is -1.18. The van der Waals surface area contributed by atoms with Crippen molar-refractivity contribution >= 4 is 17.3 Å². The van der Waals surface area contributed by atoms with Crippen molar-refractivity contribution < 1.29 is 32.2 Å². The summed E-state index contributed by atoms with van der Waals surface area (Å²) in [5, 5.41) is 12.8. The highest BCUT2D eigenvalue weighted by Crippen LogP contribution is 2.66. The lowest BCUT2D eigenvalue weighted by atomic mass is 9.84. The monoisotopic (exact) mass is 527 g/mol. The number of benzene rings is 2. The van der Waals surface area contributed by atoms with Crippen LogP contribution in [0.1, 0.15) is 33.5 Å². The number of pyridine rings is 1. The van der Waals surface area contributed by atoms with E-state index in [1.807, 2.05) is 13.0 Å². The number of aliphatic hydroxyl groups is 1. The van der Waals surface area contributed by atoms with E-state index >= 15 is 4.39 Å². The number of ether oxygens (including phenoxy) is 1. The van der Waals surface area contributed by atoms with Crippen molar-refractivity contribution in [1.29, 1.82) is 0 Å². The summed E-state index contributed by atoms with van der Waals surface area (Å²) in [7, 11) is 0. The second-order valence-corrected chi connectivity index (χ2v) is 10.4. The zero-order valence-electron chi connectivity index (χ0n) is 20.5. The first-order chi connectivity index (χ1) is 18.1. The van der Waals surface area contributed by atoms with Crippen LogP contribution in [0.2, 0.25) is 0 Å². The third-order valence-electron chi connectivity index (χ3n) is 8.21. The Labute approximate surface area is 216 Å². The number of rotatable bonds is 4. The number of aromatic nitrogens is 1. The molecule has 6 nitrogen and oxygen atoms in total. The molecule has 1 aromatic heterocycles. The molecule has 2 N–H and O–H groups in total. The van der Waals surface area contributed by atoms with Gasteiger partial charge in [0.2, 0.25) is 0 Å². The van der Waals surface area contributed by atoms with E-state index in [9.17, 15) is 23.1 Å². The molecule has 2 fully saturated rings. The first-order valence-corrected chi connectivity index (χ1v) is 12.3. The number of fused-ring (bicyclic) bond motifs is 2. The van der Waals surface area contributed by atoms with Gasteiger partial charge in [-0.05, 0) is 66.8 Å². The summed E-state index contributed by atoms with van der Waals surface area (Å²) in [6, 6.07) is 9.04. The third-order valence-corrected chi connectivity index (χ3v) is 8.21. The van der Waals surface area contributed by atoms with E-state index in [0.29, 0.717) is 49.2 Å². The van der Waals surface area contributed by atoms with Crippen LogP contribution in [-0.2, 0) is 17.3 Å². The minimum absolute atomic E-state index is 0.0118. The maximum atomic E-state index is 15.5. The number of carbonyl (C=O) groups is 1. The Morgan fingerprint density at radius 2 is 2.00 bits per heavy atom. The molecule has 1 saturated heterocycles. The van der Waals surface area contributed by atoms with Crippen LogP contribution in [0.4, 0.5) is 28.9 Å². The highest BCUT2D eigenvalue weighted by atomic mass is 19.4. The lowest BCUT2D eigenvalue weighted by molar-refractivity contribution is -0.137. The molecule has 1 saturated carbocycles. The standard InChI is InChI=1S/C28H25F4N3O3/c1-16-2-3-20(34-25(37)18-6-19(12-33-11-18)28(30,31)32)8-21(16)22-9-24-17(7-23(22)29)10-26(14-36)13-27(26)15-38-5-4-35(24)27/h2-3,6-9,11-12,36H,4-5,10,13-15H2,1H3,(H,34,37)/t26-,27-/m0/s1. The molecule has 10 heteroatoms. The van der Waals surface area contributed by atoms with Crippen molar-refractivity contribution in [3.05, 3.63) is 76.9 Å². The van der Waals surface area contributed by atoms with Crippen molar-refractivity contribution in [2.24, 2.45) is 5.41 Å². The van der Waals surface area contributed by atoms with E-state index in [1.165, 1.54) is 6.07 Å². The van der Waals surface area contributed by atoms with Gasteiger partial charge in [0, 0.05) is 41.3 Å². The molecule has 3 heterocycles. The second kappa shape index (κ2) is 8.51. The summed E-state index contributed by atoms with van der Waals surface area (Å²) in [4.78, 5) is 18.5. The van der Waals surface area contributed by atoms with E-state index in [1.54, 1.807) is 18.2 Å². The van der Waals surface area contributed by atoms with Gasteiger partial charge in [0.1, 0.15) is 5.82 Å². The predicted octanol–water partition coefficient (Wildman–Crippen LogP) is 4.98. The Morgan fingerprint density at radius 3 is 2.76 bits per heavy atom. The van der Waals surface area contributed by atoms with Gasteiger partial charge >= 0.3 is 6.18 Å². The van der Waals surface area contributed by atoms with Crippen molar-refractivity contribution in [3.63, 3.8) is 0 Å². The van der Waals surface area contributed by atoms with E-state index in [0.717, 1.165) is 35.5 Å². The van der Waals surface area contributed by atoms with Gasteiger partial charge in [-0.15, -0.1) is 0 Å². The van der Waals surface area contributed by atoms with Crippen LogP contribution < -0.4 is 10.2 Å². The molecule has 1 aliphatic carbocycles. The van der Waals surface area contributed by atoms with Crippen molar-refractivity contribution in [2.45, 2.75) is 31.5 Å². The fourth-order valence-electron chi connectivity index (χ4n) is 6.11. The van der Waals surface area contributed by atoms with E-state index in [-0.39, 0.29) is 23.1 Å². The predicted molar refractivity (Wildman–Crippen MR) is 133 cm³/mol. The second-order valence-electron chi connectivity index (χ2n) is 10.4. The number of hydrogen-bond acceptors (Lipinski definition) is 5. The average Bonchev–Trinajstić information content (AvgIpc) is 3.54. The fourth-order valence-corrected chi connectivity index (χ4v) is 6.11. The lowest BCUT2D eigenvalue weighted by Gasteiger charge is -2.46. The van der Waals surface area contributed by atoms with Crippen LogP contribution in [0, 0.1) is 18.2 Å². The summed E-state index contributed by atoms with van der Waals surface area (Å²) >= 11 is 0. The molecule has 0 radical (unpaired) electrons. The highest BCUT2D eigenvalue weighted by molar-refractivity contribution is 6.04. The largest absolute Gasteiger partial charge is 0.417 e. The third kappa shape index (κ3) is 3.77. The molecule has 3 aliphatic rings. The zero-order valence-corrected chi connectivity index (χ0v) is 20.5. The van der Waals surface area contributed by atoms with Crippen molar-refractivity contribution in [2.75, 3.05) is 36.6 Å². The number of aliphatic hydroxyl groups excluding tert-OH is 1. The van der Waals surface area contributed by atoms with Crippen LogP contribution in [0.25, 0.3) is 11.1 Å². The number of amides is 1. The Balaban J connectivity index is 1.34. The Morgan fingerprint density at radius 1 is 1.18 bits per heavy atom. The molecule has 198 valence electrons. The Hall–Kier alpha value is -3.50. The number of aryl methyl sites for hydroxylation is 1. The summed E-state index contributed by atoms with van der Waals surface area (Å²) in [6.45, 7) is 3.54. The number of nitrogens with one attached hydrogen (secondary N) is 1. The molecule has 38 heavy (non-hydrogen) atoms. The minimum atomic E-state index is -4.62. The number of hydrogen-bond donors (Lipinski definition) is 2. The molecule has 6 rings (SSSR count). The van der Waals surface area contributed by atoms with Gasteiger partial charge in [-0.3, -0.25) is 9.78 Å². The first-order valence-electron chi connectivity index (χ1n) is 12.3. The van der Waals surface area contributed by atoms with Crippen molar-refractivity contribution in [1.82, 2.24) is 4.98 Å². The van der Waals surface area contributed by atoms with E-state index in [2.05, 4.69) is 15.2 Å². The molecule has 2 aromatic carbocycles. The molecule has 2 aliphatic heterocycles. The molecular weight excluding hydrogens is 502 g/mol. The van der Waals surface area contributed by atoms with E-state index in [4.69, 9.17) is 4.74 Å². The lowest BCUT2D eigenvalue weighted by Crippen LogP contribution is -2.54. The minimum Gasteiger partial charge on any atom is -0.396 e. The summed E-state index contributed by atoms with van der Waals surface area (Å²) in [6.07, 6.45) is -1.56. The van der Waals surface area contributed by atoms with Crippen LogP contribution in [-0.4, -0.2) is 47.9 Å². The van der Waals surface area contributed by atoms with Gasteiger partial charge < -0.3 is 20.1 Å². The van der Waals surface area contributed by atoms with Crippen LogP contribution >= 0.6 is 0 Å². The topological polar surface area (TPSA) is 74.7 Å². The molecule has 0 bridgehead atoms. The van der Waals surface area contributed by atoms with Gasteiger partial charge in [-0.2, -0.15) is 13.2 Å². The molecule has 3 aromatic rings. The quantitative estimate of drug-likeness (QED) is 0.468. The number of nitrogens with zero attached hydrogens (tertiary/aromatic N) is 2. The molecule has 1 spiro atoms. The van der Waals surface area contributed by atoms with Crippen molar-refractivity contribution in [3.8, 4) is 11.1 Å². The van der Waals surface area contributed by atoms with Gasteiger partial charge in [-0.25, -0.2) is 4.39 Å². The number of anilines is 2. The van der Waals surface area contributed by atoms with Crippen LogP contribution in [0.3, 0.4) is 0 Å². The SMILES string of the molecule is Cc1ccc(NC(=O)c2cncc(C(F)(F)F)c2)cc1-c1cc2c(cc1F)C[C@@]1(CO)C[C@]13COCCN23. The van der Waals surface area contributed by atoms with Crippen LogP contribution in [0.5, 0.6) is 0 Å². The summed E-state index contributed by atoms with van der Waals surface area (Å²) < 4.78 is 60.4. The first kappa shape index (κ1) is 24.8. The van der Waals surface area contributed by atoms with Gasteiger partial charge in [0.05, 0.1) is 36.5 Å². The van der Waals surface area contributed by atoms with Gasteiger partial charge in [-0.1, -0.05) is 6.07 Å². The van der Waals surface area contributed by atoms with Gasteiger partial charge in [0.15, 0.2) is 0 Å². The van der Waals surface area contributed by atoms with Crippen LogP contribution in [0.15, 0.2) is 48.8 Å². The maximum Gasteiger partial charge on any atom is 0.417 e. The molecular formula is C28H25F4N3O3. The van der Waals surface area contributed by atoms with Gasteiger partial charge in [0.25, 0.3) is 5.91 Å². The Bertz CT molecular complexity index is 1460. The summed E-state index contributed by atoms with van der Waals surface area (Å²) in [5.41, 5.74) is 1.88. The average molecular weight is 528 g/mol. The maximum absolute atomic E-state index is 15.5. The molecule has 1 amide bonds. The fraction of sp³-hybridized carbons (Fsp3) is 0.357. The molecule has 2 atom stereocenters. The normalized spacial score (nSPS) is 23.8.